The lowest BCUT2D eigenvalue weighted by atomic mass is 9.88. The molecule has 0 saturated carbocycles. The van der Waals surface area contributed by atoms with Gasteiger partial charge in [-0.2, -0.15) is 4.98 Å². The van der Waals surface area contributed by atoms with Crippen molar-refractivity contribution in [3.05, 3.63) is 35.9 Å². The summed E-state index contributed by atoms with van der Waals surface area (Å²) >= 11 is 0. The van der Waals surface area contributed by atoms with E-state index in [1.807, 2.05) is 12.1 Å². The van der Waals surface area contributed by atoms with Gasteiger partial charge in [0.2, 0.25) is 5.95 Å². The van der Waals surface area contributed by atoms with E-state index in [1.54, 1.807) is 12.3 Å². The molecule has 0 amide bonds. The fourth-order valence-corrected chi connectivity index (χ4v) is 2.56. The molecule has 0 spiro atoms. The van der Waals surface area contributed by atoms with Crippen LogP contribution in [0.25, 0.3) is 0 Å². The van der Waals surface area contributed by atoms with Crippen molar-refractivity contribution in [2.24, 2.45) is 0 Å². The van der Waals surface area contributed by atoms with Crippen molar-refractivity contribution in [1.82, 2.24) is 19.7 Å². The molecule has 98 valence electrons. The van der Waals surface area contributed by atoms with Gasteiger partial charge in [0.25, 0.3) is 0 Å². The first-order chi connectivity index (χ1) is 9.16. The zero-order valence-electron chi connectivity index (χ0n) is 10.1. The number of aromatic nitrogens is 4. The first-order valence-corrected chi connectivity index (χ1v) is 6.01. The van der Waals surface area contributed by atoms with Crippen LogP contribution in [0, 0.1) is 0 Å². The molecule has 2 atom stereocenters. The van der Waals surface area contributed by atoms with Gasteiger partial charge in [-0.05, 0) is 18.6 Å². The van der Waals surface area contributed by atoms with Crippen LogP contribution in [0.1, 0.15) is 29.9 Å². The van der Waals surface area contributed by atoms with Gasteiger partial charge in [-0.15, -0.1) is 5.10 Å². The lowest BCUT2D eigenvalue weighted by Gasteiger charge is -2.28. The number of carboxylic acid groups (broad SMARTS) is 1. The quantitative estimate of drug-likeness (QED) is 0.818. The molecular weight excluding hydrogens is 246 g/mol. The van der Waals surface area contributed by atoms with Crippen molar-refractivity contribution in [1.29, 1.82) is 0 Å². The Morgan fingerprint density at radius 3 is 3.00 bits per heavy atom. The van der Waals surface area contributed by atoms with Gasteiger partial charge >= 0.3 is 5.97 Å². The van der Waals surface area contributed by atoms with Crippen LogP contribution in [0.15, 0.2) is 24.4 Å². The van der Waals surface area contributed by atoms with Crippen molar-refractivity contribution >= 4 is 11.9 Å². The summed E-state index contributed by atoms with van der Waals surface area (Å²) < 4.78 is 1.42. The Hall–Kier alpha value is -2.44. The summed E-state index contributed by atoms with van der Waals surface area (Å²) in [7, 11) is 0. The highest BCUT2D eigenvalue weighted by molar-refractivity contribution is 5.73. The normalized spacial score (nSPS) is 21.9. The largest absolute Gasteiger partial charge is 0.480 e. The van der Waals surface area contributed by atoms with Gasteiger partial charge in [0, 0.05) is 24.2 Å². The predicted octanol–water partition coefficient (Wildman–Crippen LogP) is 0.611. The number of pyridine rings is 1. The van der Waals surface area contributed by atoms with Crippen molar-refractivity contribution < 1.29 is 9.90 Å². The number of carboxylic acids is 1. The standard InChI is InChI=1S/C12H13N5O2/c13-12-15-9-5-4-7(8-3-1-2-6-14-8)10(11(18)19)17(9)16-12/h1-3,6-7,10H,4-5H2,(H2,13,16)(H,18,19). The van der Waals surface area contributed by atoms with Gasteiger partial charge in [0.1, 0.15) is 5.82 Å². The molecule has 0 bridgehead atoms. The lowest BCUT2D eigenvalue weighted by Crippen LogP contribution is -2.32. The summed E-state index contributed by atoms with van der Waals surface area (Å²) in [5.41, 5.74) is 6.31. The molecular formula is C12H13N5O2. The van der Waals surface area contributed by atoms with Crippen molar-refractivity contribution in [2.75, 3.05) is 5.73 Å². The van der Waals surface area contributed by atoms with E-state index < -0.39 is 12.0 Å². The molecule has 19 heavy (non-hydrogen) atoms. The third kappa shape index (κ3) is 1.92. The van der Waals surface area contributed by atoms with E-state index in [0.29, 0.717) is 18.7 Å². The number of hydrogen-bond donors (Lipinski definition) is 2. The molecule has 1 aliphatic heterocycles. The van der Waals surface area contributed by atoms with Gasteiger partial charge < -0.3 is 10.8 Å². The molecule has 0 radical (unpaired) electrons. The van der Waals surface area contributed by atoms with Gasteiger partial charge in [0.05, 0.1) is 0 Å². The van der Waals surface area contributed by atoms with Crippen LogP contribution in [-0.4, -0.2) is 30.8 Å². The first kappa shape index (κ1) is 11.6. The summed E-state index contributed by atoms with van der Waals surface area (Å²) in [5, 5.41) is 13.5. The second-order valence-electron chi connectivity index (χ2n) is 4.51. The average Bonchev–Trinajstić information content (AvgIpc) is 2.78. The molecule has 7 heteroatoms. The number of carbonyl (C=O) groups is 1. The number of aliphatic carboxylic acids is 1. The zero-order chi connectivity index (χ0) is 13.4. The number of aryl methyl sites for hydroxylation is 1. The fourth-order valence-electron chi connectivity index (χ4n) is 2.56. The molecule has 0 fully saturated rings. The third-order valence-electron chi connectivity index (χ3n) is 3.36. The monoisotopic (exact) mass is 259 g/mol. The molecule has 1 aliphatic rings. The molecule has 7 nitrogen and oxygen atoms in total. The molecule has 2 aromatic rings. The molecule has 0 aromatic carbocycles. The summed E-state index contributed by atoms with van der Waals surface area (Å²) in [6.45, 7) is 0. The third-order valence-corrected chi connectivity index (χ3v) is 3.36. The zero-order valence-corrected chi connectivity index (χ0v) is 10.1. The average molecular weight is 259 g/mol. The van der Waals surface area contributed by atoms with E-state index in [2.05, 4.69) is 15.1 Å². The van der Waals surface area contributed by atoms with E-state index in [-0.39, 0.29) is 11.9 Å². The van der Waals surface area contributed by atoms with Gasteiger partial charge in [-0.1, -0.05) is 6.07 Å². The number of nitrogens with zero attached hydrogens (tertiary/aromatic N) is 4. The maximum absolute atomic E-state index is 11.6. The number of nitrogens with two attached hydrogens (primary N) is 1. The second kappa shape index (κ2) is 4.34. The highest BCUT2D eigenvalue weighted by atomic mass is 16.4. The van der Waals surface area contributed by atoms with Crippen LogP contribution in [0.2, 0.25) is 0 Å². The molecule has 3 N–H and O–H groups in total. The van der Waals surface area contributed by atoms with Crippen LogP contribution >= 0.6 is 0 Å². The first-order valence-electron chi connectivity index (χ1n) is 6.01. The van der Waals surface area contributed by atoms with Crippen LogP contribution < -0.4 is 5.73 Å². The number of fused-ring (bicyclic) bond motifs is 1. The molecule has 3 rings (SSSR count). The lowest BCUT2D eigenvalue weighted by molar-refractivity contribution is -0.142. The van der Waals surface area contributed by atoms with Crippen LogP contribution in [0.4, 0.5) is 5.95 Å². The molecule has 2 aromatic heterocycles. The Balaban J connectivity index is 2.06. The molecule has 2 unspecified atom stereocenters. The Morgan fingerprint density at radius 1 is 1.47 bits per heavy atom. The number of hydrogen-bond acceptors (Lipinski definition) is 5. The predicted molar refractivity (Wildman–Crippen MR) is 66.4 cm³/mol. The highest BCUT2D eigenvalue weighted by Gasteiger charge is 2.38. The minimum Gasteiger partial charge on any atom is -0.480 e. The number of nitrogen functional groups attached to an aromatic ring is 1. The SMILES string of the molecule is Nc1nc2n(n1)C(C(=O)O)C(c1ccccn1)CC2. The van der Waals surface area contributed by atoms with Crippen molar-refractivity contribution in [3.63, 3.8) is 0 Å². The Morgan fingerprint density at radius 2 is 2.32 bits per heavy atom. The van der Waals surface area contributed by atoms with Gasteiger partial charge in [-0.25, -0.2) is 9.48 Å². The topological polar surface area (TPSA) is 107 Å². The Bertz CT molecular complexity index is 610. The maximum atomic E-state index is 11.6. The minimum absolute atomic E-state index is 0.114. The Kier molecular flexibility index (Phi) is 2.66. The van der Waals surface area contributed by atoms with Crippen molar-refractivity contribution in [3.8, 4) is 0 Å². The highest BCUT2D eigenvalue weighted by Crippen LogP contribution is 2.36. The summed E-state index contributed by atoms with van der Waals surface area (Å²) in [6, 6.07) is 4.70. The van der Waals surface area contributed by atoms with E-state index in [9.17, 15) is 9.90 Å². The van der Waals surface area contributed by atoms with Crippen molar-refractivity contribution in [2.45, 2.75) is 24.8 Å². The van der Waals surface area contributed by atoms with E-state index in [1.165, 1.54) is 4.68 Å². The van der Waals surface area contributed by atoms with Crippen LogP contribution in [0.3, 0.4) is 0 Å². The smallest absolute Gasteiger partial charge is 0.329 e. The summed E-state index contributed by atoms with van der Waals surface area (Å²) in [4.78, 5) is 19.9. The second-order valence-corrected chi connectivity index (χ2v) is 4.51. The minimum atomic E-state index is -0.943. The van der Waals surface area contributed by atoms with E-state index in [0.717, 1.165) is 5.69 Å². The molecule has 0 aliphatic carbocycles. The summed E-state index contributed by atoms with van der Waals surface area (Å²) in [6.07, 6.45) is 2.99. The maximum Gasteiger partial charge on any atom is 0.329 e. The molecule has 0 saturated heterocycles. The van der Waals surface area contributed by atoms with Crippen LogP contribution in [-0.2, 0) is 11.2 Å². The fraction of sp³-hybridized carbons (Fsp3) is 0.333. The number of rotatable bonds is 2. The number of anilines is 1. The Labute approximate surface area is 109 Å². The van der Waals surface area contributed by atoms with Gasteiger partial charge in [0.15, 0.2) is 6.04 Å². The van der Waals surface area contributed by atoms with Gasteiger partial charge in [-0.3, -0.25) is 4.98 Å². The van der Waals surface area contributed by atoms with E-state index >= 15 is 0 Å². The van der Waals surface area contributed by atoms with Crippen LogP contribution in [0.5, 0.6) is 0 Å². The van der Waals surface area contributed by atoms with E-state index in [4.69, 9.17) is 5.73 Å². The molecule has 3 heterocycles. The summed E-state index contributed by atoms with van der Waals surface area (Å²) in [5.74, 6) is -0.422.